The van der Waals surface area contributed by atoms with E-state index in [1.54, 1.807) is 6.07 Å². The van der Waals surface area contributed by atoms with Crippen LogP contribution in [0.5, 0.6) is 0 Å². The van der Waals surface area contributed by atoms with Crippen molar-refractivity contribution in [3.63, 3.8) is 0 Å². The molecule has 0 unspecified atom stereocenters. The molecule has 1 heterocycles. The maximum Gasteiger partial charge on any atom is 0.261 e. The van der Waals surface area contributed by atoms with Gasteiger partial charge in [0.05, 0.1) is 10.6 Å². The molecule has 5 heteroatoms. The zero-order chi connectivity index (χ0) is 18.3. The van der Waals surface area contributed by atoms with Gasteiger partial charge < -0.3 is 4.98 Å². The average molecular weight is 369 g/mol. The Balaban J connectivity index is 1.77. The summed E-state index contributed by atoms with van der Waals surface area (Å²) in [5, 5.41) is 1.04. The summed E-state index contributed by atoms with van der Waals surface area (Å²) in [7, 11) is -3.63. The Kier molecular flexibility index (Phi) is 4.27. The molecule has 0 radical (unpaired) electrons. The highest BCUT2D eigenvalue weighted by molar-refractivity contribution is 7.92. The van der Waals surface area contributed by atoms with E-state index in [4.69, 9.17) is 0 Å². The molecule has 0 amide bonds. The molecule has 0 spiro atoms. The fourth-order valence-corrected chi connectivity index (χ4v) is 5.11. The number of hydrogen-bond acceptors (Lipinski definition) is 2. The van der Waals surface area contributed by atoms with Crippen molar-refractivity contribution < 1.29 is 8.42 Å². The number of aryl methyl sites for hydroxylation is 4. The molecule has 1 aromatic heterocycles. The lowest BCUT2D eigenvalue weighted by atomic mass is 9.96. The predicted molar refractivity (Wildman–Crippen MR) is 106 cm³/mol. The summed E-state index contributed by atoms with van der Waals surface area (Å²) in [6, 6.07) is 11.3. The molecule has 0 aliphatic heterocycles. The molecule has 4 nitrogen and oxygen atoms in total. The zero-order valence-electron chi connectivity index (χ0n) is 15.2. The van der Waals surface area contributed by atoms with Crippen molar-refractivity contribution in [2.45, 2.75) is 50.8 Å². The normalized spacial score (nSPS) is 14.4. The zero-order valence-corrected chi connectivity index (χ0v) is 16.0. The Labute approximate surface area is 154 Å². The summed E-state index contributed by atoms with van der Waals surface area (Å²) in [5.41, 5.74) is 6.23. The third-order valence-electron chi connectivity index (χ3n) is 5.36. The van der Waals surface area contributed by atoms with Gasteiger partial charge in [-0.05, 0) is 73.9 Å². The number of hydrogen-bond donors (Lipinski definition) is 2. The molecule has 0 bridgehead atoms. The Morgan fingerprint density at radius 2 is 1.92 bits per heavy atom. The van der Waals surface area contributed by atoms with Crippen LogP contribution in [-0.2, 0) is 29.3 Å². The maximum absolute atomic E-state index is 13.0. The number of aromatic nitrogens is 1. The molecule has 3 aromatic rings. The van der Waals surface area contributed by atoms with Gasteiger partial charge in [-0.1, -0.05) is 25.1 Å². The molecule has 136 valence electrons. The first kappa shape index (κ1) is 17.2. The molecule has 0 fully saturated rings. The van der Waals surface area contributed by atoms with Crippen LogP contribution in [0.3, 0.4) is 0 Å². The number of H-pyrrole nitrogens is 1. The van der Waals surface area contributed by atoms with Crippen molar-refractivity contribution in [1.82, 2.24) is 4.98 Å². The summed E-state index contributed by atoms with van der Waals surface area (Å²) >= 11 is 0. The molecule has 4 rings (SSSR count). The van der Waals surface area contributed by atoms with Crippen molar-refractivity contribution in [3.8, 4) is 0 Å². The van der Waals surface area contributed by atoms with Crippen LogP contribution in [0.1, 0.15) is 42.1 Å². The second-order valence-electron chi connectivity index (χ2n) is 7.06. The lowest BCUT2D eigenvalue weighted by molar-refractivity contribution is 0.601. The SMILES string of the molecule is CCc1cccc(C)c1NS(=O)(=O)c1ccc2[nH]c3c(c2c1)CCCC3. The minimum atomic E-state index is -3.63. The first-order valence-corrected chi connectivity index (χ1v) is 10.7. The van der Waals surface area contributed by atoms with Crippen LogP contribution in [0.4, 0.5) is 5.69 Å². The number of anilines is 1. The van der Waals surface area contributed by atoms with Crippen LogP contribution in [0.2, 0.25) is 0 Å². The molecule has 1 aliphatic rings. The summed E-state index contributed by atoms with van der Waals surface area (Å²) in [6.07, 6.45) is 5.21. The van der Waals surface area contributed by atoms with E-state index >= 15 is 0 Å². The lowest BCUT2D eigenvalue weighted by Gasteiger charge is -2.15. The summed E-state index contributed by atoms with van der Waals surface area (Å²) in [4.78, 5) is 3.78. The van der Waals surface area contributed by atoms with E-state index in [0.29, 0.717) is 10.6 Å². The van der Waals surface area contributed by atoms with Gasteiger partial charge in [0, 0.05) is 16.6 Å². The topological polar surface area (TPSA) is 62.0 Å². The number of nitrogens with one attached hydrogen (secondary N) is 2. The van der Waals surface area contributed by atoms with E-state index in [0.717, 1.165) is 47.7 Å². The molecule has 2 N–H and O–H groups in total. The van der Waals surface area contributed by atoms with Crippen LogP contribution in [0.25, 0.3) is 10.9 Å². The third kappa shape index (κ3) is 2.90. The number of aromatic amines is 1. The first-order chi connectivity index (χ1) is 12.5. The van der Waals surface area contributed by atoms with Crippen LogP contribution >= 0.6 is 0 Å². The summed E-state index contributed by atoms with van der Waals surface area (Å²) in [5.74, 6) is 0. The molecule has 0 atom stereocenters. The van der Waals surface area contributed by atoms with E-state index in [1.165, 1.54) is 17.7 Å². The van der Waals surface area contributed by atoms with E-state index < -0.39 is 10.0 Å². The van der Waals surface area contributed by atoms with Gasteiger partial charge in [0.2, 0.25) is 0 Å². The van der Waals surface area contributed by atoms with Gasteiger partial charge in [0.15, 0.2) is 0 Å². The summed E-state index contributed by atoms with van der Waals surface area (Å²) < 4.78 is 28.9. The van der Waals surface area contributed by atoms with E-state index in [1.807, 2.05) is 44.2 Å². The molecule has 26 heavy (non-hydrogen) atoms. The molecule has 2 aromatic carbocycles. The van der Waals surface area contributed by atoms with Crippen molar-refractivity contribution in [2.75, 3.05) is 4.72 Å². The monoisotopic (exact) mass is 368 g/mol. The van der Waals surface area contributed by atoms with Gasteiger partial charge in [0.1, 0.15) is 0 Å². The Morgan fingerprint density at radius 1 is 1.12 bits per heavy atom. The highest BCUT2D eigenvalue weighted by Crippen LogP contribution is 2.31. The first-order valence-electron chi connectivity index (χ1n) is 9.24. The Hall–Kier alpha value is -2.27. The van der Waals surface area contributed by atoms with Crippen molar-refractivity contribution in [3.05, 3.63) is 58.8 Å². The van der Waals surface area contributed by atoms with Crippen molar-refractivity contribution in [2.24, 2.45) is 0 Å². The van der Waals surface area contributed by atoms with Crippen LogP contribution in [0, 0.1) is 6.92 Å². The van der Waals surface area contributed by atoms with Crippen molar-refractivity contribution >= 4 is 26.6 Å². The largest absolute Gasteiger partial charge is 0.358 e. The van der Waals surface area contributed by atoms with Gasteiger partial charge in [-0.3, -0.25) is 4.72 Å². The predicted octanol–water partition coefficient (Wildman–Crippen LogP) is 4.72. The quantitative estimate of drug-likeness (QED) is 0.700. The Morgan fingerprint density at radius 3 is 2.73 bits per heavy atom. The highest BCUT2D eigenvalue weighted by atomic mass is 32.2. The summed E-state index contributed by atoms with van der Waals surface area (Å²) in [6.45, 7) is 3.97. The number of sulfonamides is 1. The molecular formula is C21H24N2O2S. The minimum absolute atomic E-state index is 0.322. The molecule has 0 saturated carbocycles. The van der Waals surface area contributed by atoms with Gasteiger partial charge in [-0.25, -0.2) is 8.42 Å². The van der Waals surface area contributed by atoms with Crippen LogP contribution in [-0.4, -0.2) is 13.4 Å². The smallest absolute Gasteiger partial charge is 0.261 e. The fraction of sp³-hybridized carbons (Fsp3) is 0.333. The molecular weight excluding hydrogens is 344 g/mol. The minimum Gasteiger partial charge on any atom is -0.358 e. The number of benzene rings is 2. The number of fused-ring (bicyclic) bond motifs is 3. The molecule has 1 aliphatic carbocycles. The standard InChI is InChI=1S/C21H24N2O2S/c1-3-15-8-6-7-14(2)21(15)23-26(24,25)16-11-12-20-18(13-16)17-9-4-5-10-19(17)22-20/h6-8,11-13,22-23H,3-5,9-10H2,1-2H3. The van der Waals surface area contributed by atoms with Crippen molar-refractivity contribution in [1.29, 1.82) is 0 Å². The van der Waals surface area contributed by atoms with Gasteiger partial charge in [-0.2, -0.15) is 0 Å². The molecule has 0 saturated heterocycles. The average Bonchev–Trinajstić information content (AvgIpc) is 3.01. The van der Waals surface area contributed by atoms with E-state index in [9.17, 15) is 8.42 Å². The number of rotatable bonds is 4. The van der Waals surface area contributed by atoms with Crippen LogP contribution in [0.15, 0.2) is 41.3 Å². The highest BCUT2D eigenvalue weighted by Gasteiger charge is 2.21. The van der Waals surface area contributed by atoms with E-state index in [2.05, 4.69) is 9.71 Å². The van der Waals surface area contributed by atoms with Gasteiger partial charge in [-0.15, -0.1) is 0 Å². The lowest BCUT2D eigenvalue weighted by Crippen LogP contribution is -2.15. The van der Waals surface area contributed by atoms with Crippen LogP contribution < -0.4 is 4.72 Å². The number of para-hydroxylation sites is 1. The second kappa shape index (κ2) is 6.47. The second-order valence-corrected chi connectivity index (χ2v) is 8.75. The fourth-order valence-electron chi connectivity index (χ4n) is 3.91. The van der Waals surface area contributed by atoms with Gasteiger partial charge >= 0.3 is 0 Å². The van der Waals surface area contributed by atoms with Gasteiger partial charge in [0.25, 0.3) is 10.0 Å². The maximum atomic E-state index is 13.0. The van der Waals surface area contributed by atoms with E-state index in [-0.39, 0.29) is 0 Å². The Bertz CT molecular complexity index is 1080. The third-order valence-corrected chi connectivity index (χ3v) is 6.70.